The fourth-order valence-electron chi connectivity index (χ4n) is 5.85. The first-order valence-electron chi connectivity index (χ1n) is 20.3. The van der Waals surface area contributed by atoms with Gasteiger partial charge in [0.15, 0.2) is 0 Å². The van der Waals surface area contributed by atoms with Crippen molar-refractivity contribution in [3.05, 3.63) is 0 Å². The molecule has 0 aromatic carbocycles. The predicted octanol–water partition coefficient (Wildman–Crippen LogP) is -7.26. The number of rotatable bonds is 44. The van der Waals surface area contributed by atoms with Crippen molar-refractivity contribution >= 4 is 0 Å². The largest absolute Gasteiger partial charge is 0.329 e. The lowest BCUT2D eigenvalue weighted by molar-refractivity contribution is 0.198. The van der Waals surface area contributed by atoms with E-state index in [1.54, 1.807) is 0 Å². The molecule has 0 aliphatic rings. The summed E-state index contributed by atoms with van der Waals surface area (Å²) < 4.78 is 0. The highest BCUT2D eigenvalue weighted by Gasteiger charge is 2.12. The second-order valence-electron chi connectivity index (χ2n) is 13.2. The molecule has 0 rings (SSSR count). The van der Waals surface area contributed by atoms with Crippen molar-refractivity contribution in [1.29, 1.82) is 0 Å². The molecule has 0 bridgehead atoms. The molecule has 0 aromatic heterocycles. The minimum Gasteiger partial charge on any atom is -0.329 e. The molecule has 0 heterocycles. The Balaban J connectivity index is 4.78. The lowest BCUT2D eigenvalue weighted by Crippen LogP contribution is -2.46. The van der Waals surface area contributed by atoms with E-state index in [1.165, 1.54) is 0 Å². The average molecular weight is 749 g/mol. The van der Waals surface area contributed by atoms with Gasteiger partial charge in [0, 0.05) is 223 Å². The molecule has 0 unspecified atom stereocenters. The van der Waals surface area contributed by atoms with Gasteiger partial charge in [-0.25, -0.2) is 0 Å². The first-order valence-corrected chi connectivity index (χ1v) is 20.3. The molecular formula is C34H88N18. The van der Waals surface area contributed by atoms with Gasteiger partial charge in [-0.2, -0.15) is 0 Å². The molecule has 0 fully saturated rings. The van der Waals surface area contributed by atoms with Crippen LogP contribution in [-0.4, -0.2) is 247 Å². The van der Waals surface area contributed by atoms with E-state index in [-0.39, 0.29) is 0 Å². The highest BCUT2D eigenvalue weighted by molar-refractivity contribution is 4.71. The Bertz CT molecular complexity index is 684. The van der Waals surface area contributed by atoms with Crippen LogP contribution in [0, 0.1) is 0 Å². The molecule has 52 heavy (non-hydrogen) atoms. The summed E-state index contributed by atoms with van der Waals surface area (Å²) in [6.07, 6.45) is 0. The lowest BCUT2D eigenvalue weighted by atomic mass is 10.3. The standard InChI is InChI=1S/C34H88N18/c35-1-8-42-12-23-48(20-5-39)24-16-46-18-29-51(27-14-44-10-3-37)34-32-50(22-7-41)26-17-47-19-30-52(28-15-45-11-4-38)33-31-49(21-6-40)25-13-43-9-2-36/h42-47H,1-41H2. The van der Waals surface area contributed by atoms with Crippen molar-refractivity contribution in [2.75, 3.05) is 223 Å². The van der Waals surface area contributed by atoms with Gasteiger partial charge in [0.05, 0.1) is 0 Å². The summed E-state index contributed by atoms with van der Waals surface area (Å²) in [5.74, 6) is 0. The van der Waals surface area contributed by atoms with Crippen LogP contribution in [0.25, 0.3) is 0 Å². The molecule has 0 saturated carbocycles. The van der Waals surface area contributed by atoms with Crippen LogP contribution in [0.1, 0.15) is 0 Å². The van der Waals surface area contributed by atoms with Crippen molar-refractivity contribution in [2.24, 2.45) is 40.1 Å². The van der Waals surface area contributed by atoms with Crippen LogP contribution in [0.5, 0.6) is 0 Å². The molecular weight excluding hydrogens is 660 g/mol. The van der Waals surface area contributed by atoms with Crippen molar-refractivity contribution in [3.63, 3.8) is 0 Å². The second-order valence-corrected chi connectivity index (χ2v) is 13.2. The Morgan fingerprint density at radius 1 is 0.192 bits per heavy atom. The third-order valence-corrected chi connectivity index (χ3v) is 8.92. The molecule has 0 amide bonds. The monoisotopic (exact) mass is 749 g/mol. The van der Waals surface area contributed by atoms with Gasteiger partial charge in [-0.15, -0.1) is 0 Å². The Hall–Kier alpha value is -0.720. The summed E-state index contributed by atoms with van der Waals surface area (Å²) in [6.45, 7) is 30.1. The van der Waals surface area contributed by atoms with E-state index in [1.807, 2.05) is 0 Å². The van der Waals surface area contributed by atoms with E-state index in [0.717, 1.165) is 177 Å². The van der Waals surface area contributed by atoms with Crippen molar-refractivity contribution in [3.8, 4) is 0 Å². The van der Waals surface area contributed by atoms with E-state index in [9.17, 15) is 0 Å². The van der Waals surface area contributed by atoms with E-state index < -0.39 is 0 Å². The molecule has 0 aromatic rings. The first-order chi connectivity index (χ1) is 25.6. The number of nitrogens with one attached hydrogen (secondary N) is 6. The van der Waals surface area contributed by atoms with E-state index >= 15 is 0 Å². The minimum absolute atomic E-state index is 0.656. The molecule has 0 aliphatic heterocycles. The average Bonchev–Trinajstić information content (AvgIpc) is 3.15. The summed E-state index contributed by atoms with van der Waals surface area (Å²) in [5.41, 5.74) is 40.4. The van der Waals surface area contributed by atoms with Gasteiger partial charge >= 0.3 is 0 Å². The third kappa shape index (κ3) is 33.8. The van der Waals surface area contributed by atoms with Crippen molar-refractivity contribution in [2.45, 2.75) is 0 Å². The molecule has 0 saturated heterocycles. The zero-order valence-electron chi connectivity index (χ0n) is 33.3. The zero-order chi connectivity index (χ0) is 38.2. The maximum atomic E-state index is 6.05. The van der Waals surface area contributed by atoms with Gasteiger partial charge in [0.1, 0.15) is 0 Å². The molecule has 0 atom stereocenters. The van der Waals surface area contributed by atoms with Crippen LogP contribution in [0.2, 0.25) is 0 Å². The van der Waals surface area contributed by atoms with Crippen LogP contribution in [-0.2, 0) is 0 Å². The fourth-order valence-corrected chi connectivity index (χ4v) is 5.85. The maximum absolute atomic E-state index is 6.05. The van der Waals surface area contributed by atoms with Crippen LogP contribution >= 0.6 is 0 Å². The summed E-state index contributed by atoms with van der Waals surface area (Å²) in [6, 6.07) is 0. The molecule has 0 spiro atoms. The number of nitrogens with two attached hydrogens (primary N) is 7. The molecule has 20 N–H and O–H groups in total. The SMILES string of the molecule is NCCNCCN(CCN)CCNCCN(CCNCCN)CCN(CCN)CCNCCN(CCNCCN)CCN(CCN)CCNCCN. The minimum atomic E-state index is 0.656. The van der Waals surface area contributed by atoms with Crippen LogP contribution in [0.15, 0.2) is 0 Å². The number of hydrogen-bond acceptors (Lipinski definition) is 18. The molecule has 18 nitrogen and oxygen atoms in total. The third-order valence-electron chi connectivity index (χ3n) is 8.92. The Kier molecular flexibility index (Phi) is 40.9. The van der Waals surface area contributed by atoms with Crippen molar-refractivity contribution < 1.29 is 0 Å². The molecule has 18 heteroatoms. The van der Waals surface area contributed by atoms with Gasteiger partial charge in [-0.05, 0) is 0 Å². The number of nitrogens with zero attached hydrogens (tertiary/aromatic N) is 5. The molecule has 0 aliphatic carbocycles. The van der Waals surface area contributed by atoms with E-state index in [2.05, 4.69) is 56.4 Å². The predicted molar refractivity (Wildman–Crippen MR) is 223 cm³/mol. The summed E-state index contributed by atoms with van der Waals surface area (Å²) in [7, 11) is 0. The van der Waals surface area contributed by atoms with Crippen molar-refractivity contribution in [1.82, 2.24) is 56.4 Å². The topological polar surface area (TPSA) is 271 Å². The van der Waals surface area contributed by atoms with Crippen LogP contribution in [0.4, 0.5) is 0 Å². The highest BCUT2D eigenvalue weighted by atomic mass is 15.2. The van der Waals surface area contributed by atoms with Gasteiger partial charge in [-0.3, -0.25) is 24.5 Å². The zero-order valence-corrected chi connectivity index (χ0v) is 33.3. The maximum Gasteiger partial charge on any atom is 0.0110 e. The quantitative estimate of drug-likeness (QED) is 0.0258. The second kappa shape index (κ2) is 41.4. The Morgan fingerprint density at radius 2 is 0.365 bits per heavy atom. The summed E-state index contributed by atoms with van der Waals surface area (Å²) >= 11 is 0. The van der Waals surface area contributed by atoms with Gasteiger partial charge in [0.25, 0.3) is 0 Å². The van der Waals surface area contributed by atoms with Gasteiger partial charge in [0.2, 0.25) is 0 Å². The van der Waals surface area contributed by atoms with Gasteiger partial charge < -0.3 is 72.0 Å². The number of hydrogen-bond donors (Lipinski definition) is 13. The first kappa shape index (κ1) is 51.3. The van der Waals surface area contributed by atoms with Crippen LogP contribution < -0.4 is 72.0 Å². The van der Waals surface area contributed by atoms with Gasteiger partial charge in [-0.1, -0.05) is 0 Å². The summed E-state index contributed by atoms with van der Waals surface area (Å²) in [5, 5.41) is 21.0. The Morgan fingerprint density at radius 3 is 0.558 bits per heavy atom. The fraction of sp³-hybridized carbons (Fsp3) is 1.00. The van der Waals surface area contributed by atoms with E-state index in [4.69, 9.17) is 40.1 Å². The lowest BCUT2D eigenvalue weighted by Gasteiger charge is -2.29. The Labute approximate surface area is 318 Å². The molecule has 0 radical (unpaired) electrons. The summed E-state index contributed by atoms with van der Waals surface area (Å²) in [4.78, 5) is 12.4. The highest BCUT2D eigenvalue weighted by Crippen LogP contribution is 1.95. The van der Waals surface area contributed by atoms with Crippen LogP contribution in [0.3, 0.4) is 0 Å². The normalized spacial score (nSPS) is 12.2. The molecule has 314 valence electrons. The smallest absolute Gasteiger partial charge is 0.0110 e. The van der Waals surface area contributed by atoms with E-state index in [0.29, 0.717) is 45.8 Å².